The molecular formula is C16H18N4O3. The molecule has 1 aliphatic carbocycles. The van der Waals surface area contributed by atoms with Crippen LogP contribution in [-0.2, 0) is 19.3 Å². The van der Waals surface area contributed by atoms with E-state index in [9.17, 15) is 14.4 Å². The number of carbonyl (C=O) groups excluding carboxylic acids is 1. The minimum atomic E-state index is -0.541. The van der Waals surface area contributed by atoms with Crippen LogP contribution >= 0.6 is 0 Å². The van der Waals surface area contributed by atoms with Crippen molar-refractivity contribution >= 4 is 11.7 Å². The lowest BCUT2D eigenvalue weighted by atomic mass is 10.1. The molecule has 0 aliphatic heterocycles. The Balaban J connectivity index is 1.52. The van der Waals surface area contributed by atoms with Crippen molar-refractivity contribution in [3.8, 4) is 0 Å². The first kappa shape index (κ1) is 15.1. The molecule has 0 atom stereocenters. The summed E-state index contributed by atoms with van der Waals surface area (Å²) in [6.07, 6.45) is 5.03. The van der Waals surface area contributed by atoms with E-state index in [1.807, 2.05) is 12.1 Å². The Hall–Kier alpha value is -2.83. The number of anilines is 1. The Morgan fingerprint density at radius 2 is 2.00 bits per heavy atom. The van der Waals surface area contributed by atoms with Crippen LogP contribution in [0.15, 0.2) is 34.0 Å². The van der Waals surface area contributed by atoms with Crippen molar-refractivity contribution in [3.05, 3.63) is 61.9 Å². The topological polar surface area (TPSA) is 107 Å². The maximum absolute atomic E-state index is 11.9. The molecule has 1 aromatic carbocycles. The van der Waals surface area contributed by atoms with Crippen molar-refractivity contribution < 1.29 is 4.79 Å². The lowest BCUT2D eigenvalue weighted by Gasteiger charge is -2.09. The molecule has 7 nitrogen and oxygen atoms in total. The van der Waals surface area contributed by atoms with Gasteiger partial charge in [-0.3, -0.25) is 9.78 Å². The summed E-state index contributed by atoms with van der Waals surface area (Å²) in [6, 6.07) is 5.65. The van der Waals surface area contributed by atoms with Gasteiger partial charge in [0.2, 0.25) is 0 Å². The van der Waals surface area contributed by atoms with Crippen molar-refractivity contribution in [2.45, 2.75) is 25.7 Å². The molecule has 7 heteroatoms. The van der Waals surface area contributed by atoms with Crippen molar-refractivity contribution in [2.24, 2.45) is 0 Å². The average Bonchev–Trinajstić information content (AvgIpc) is 2.97. The largest absolute Gasteiger partial charge is 0.338 e. The maximum Gasteiger partial charge on any atom is 0.325 e. The predicted octanol–water partition coefficient (Wildman–Crippen LogP) is 0.916. The van der Waals surface area contributed by atoms with Crippen LogP contribution in [-0.4, -0.2) is 22.5 Å². The lowest BCUT2D eigenvalue weighted by Crippen LogP contribution is -2.32. The molecule has 0 saturated carbocycles. The highest BCUT2D eigenvalue weighted by atomic mass is 16.2. The fraction of sp³-hybridized carbons (Fsp3) is 0.312. The molecule has 0 radical (unpaired) electrons. The number of nitrogens with one attached hydrogen (secondary N) is 4. The highest BCUT2D eigenvalue weighted by Crippen LogP contribution is 2.24. The van der Waals surface area contributed by atoms with Gasteiger partial charge in [0.1, 0.15) is 0 Å². The number of amides is 2. The standard InChI is InChI=1S/C16H18N4O3/c21-14-12(9-18-16(23)20-14)6-7-17-15(22)19-13-5-4-10-2-1-3-11(10)8-13/h4-5,8-9H,1-3,6-7H2,(H2,17,19,22)(H2,18,20,21,23). The van der Waals surface area contributed by atoms with Gasteiger partial charge in [-0.1, -0.05) is 6.07 Å². The molecule has 4 N–H and O–H groups in total. The molecular weight excluding hydrogens is 296 g/mol. The number of aromatic nitrogens is 2. The highest BCUT2D eigenvalue weighted by molar-refractivity contribution is 5.89. The van der Waals surface area contributed by atoms with Gasteiger partial charge in [0.05, 0.1) is 0 Å². The van der Waals surface area contributed by atoms with Gasteiger partial charge in [0.15, 0.2) is 0 Å². The third-order valence-electron chi connectivity index (χ3n) is 3.93. The summed E-state index contributed by atoms with van der Waals surface area (Å²) in [5.74, 6) is 0. The minimum absolute atomic E-state index is 0.298. The van der Waals surface area contributed by atoms with E-state index in [1.165, 1.54) is 23.7 Å². The first-order valence-electron chi connectivity index (χ1n) is 7.59. The number of hydrogen-bond acceptors (Lipinski definition) is 3. The average molecular weight is 314 g/mol. The van der Waals surface area contributed by atoms with E-state index in [4.69, 9.17) is 0 Å². The molecule has 0 unspecified atom stereocenters. The smallest absolute Gasteiger partial charge is 0.325 e. The highest BCUT2D eigenvalue weighted by Gasteiger charge is 2.11. The Morgan fingerprint density at radius 1 is 1.17 bits per heavy atom. The molecule has 2 aromatic rings. The molecule has 1 heterocycles. The molecule has 0 bridgehead atoms. The third kappa shape index (κ3) is 3.68. The summed E-state index contributed by atoms with van der Waals surface area (Å²) in [5, 5.41) is 5.48. The van der Waals surface area contributed by atoms with Crippen LogP contribution in [0, 0.1) is 0 Å². The fourth-order valence-electron chi connectivity index (χ4n) is 2.76. The number of aryl methyl sites for hydroxylation is 2. The van der Waals surface area contributed by atoms with Gasteiger partial charge in [-0.25, -0.2) is 9.59 Å². The van der Waals surface area contributed by atoms with Gasteiger partial charge in [-0.2, -0.15) is 0 Å². The Kier molecular flexibility index (Phi) is 4.27. The maximum atomic E-state index is 11.9. The molecule has 2 amide bonds. The van der Waals surface area contributed by atoms with Gasteiger partial charge in [0.25, 0.3) is 5.56 Å². The summed E-state index contributed by atoms with van der Waals surface area (Å²) < 4.78 is 0. The zero-order chi connectivity index (χ0) is 16.2. The molecule has 0 fully saturated rings. The van der Waals surface area contributed by atoms with Crippen molar-refractivity contribution in [1.82, 2.24) is 15.3 Å². The summed E-state index contributed by atoms with van der Waals surface area (Å²) in [5.41, 5.74) is 2.86. The summed E-state index contributed by atoms with van der Waals surface area (Å²) in [7, 11) is 0. The zero-order valence-corrected chi connectivity index (χ0v) is 12.6. The van der Waals surface area contributed by atoms with Crippen LogP contribution in [0.5, 0.6) is 0 Å². The number of benzene rings is 1. The first-order valence-corrected chi connectivity index (χ1v) is 7.59. The number of aromatic amines is 2. The van der Waals surface area contributed by atoms with E-state index in [1.54, 1.807) is 0 Å². The van der Waals surface area contributed by atoms with Gasteiger partial charge in [-0.05, 0) is 48.9 Å². The molecule has 120 valence electrons. The minimum Gasteiger partial charge on any atom is -0.338 e. The van der Waals surface area contributed by atoms with Crippen molar-refractivity contribution in [3.63, 3.8) is 0 Å². The summed E-state index contributed by atoms with van der Waals surface area (Å²) in [4.78, 5) is 38.9. The third-order valence-corrected chi connectivity index (χ3v) is 3.93. The van der Waals surface area contributed by atoms with Crippen molar-refractivity contribution in [1.29, 1.82) is 0 Å². The number of rotatable bonds is 4. The van der Waals surface area contributed by atoms with Crippen LogP contribution in [0.4, 0.5) is 10.5 Å². The van der Waals surface area contributed by atoms with Crippen LogP contribution in [0.2, 0.25) is 0 Å². The van der Waals surface area contributed by atoms with Gasteiger partial charge < -0.3 is 15.6 Å². The quantitative estimate of drug-likeness (QED) is 0.674. The normalized spacial score (nSPS) is 12.7. The molecule has 0 spiro atoms. The number of fused-ring (bicyclic) bond motifs is 1. The number of carbonyl (C=O) groups is 1. The molecule has 1 aromatic heterocycles. The Labute approximate surface area is 132 Å². The lowest BCUT2D eigenvalue weighted by molar-refractivity contribution is 0.252. The van der Waals surface area contributed by atoms with Crippen molar-refractivity contribution in [2.75, 3.05) is 11.9 Å². The Bertz CT molecular complexity index is 838. The van der Waals surface area contributed by atoms with E-state index in [0.717, 1.165) is 18.5 Å². The molecule has 23 heavy (non-hydrogen) atoms. The molecule has 1 aliphatic rings. The predicted molar refractivity (Wildman–Crippen MR) is 86.9 cm³/mol. The van der Waals surface area contributed by atoms with Gasteiger partial charge in [-0.15, -0.1) is 0 Å². The first-order chi connectivity index (χ1) is 11.1. The zero-order valence-electron chi connectivity index (χ0n) is 12.6. The van der Waals surface area contributed by atoms with E-state index in [2.05, 4.69) is 26.7 Å². The second kappa shape index (κ2) is 6.51. The summed E-state index contributed by atoms with van der Waals surface area (Å²) >= 11 is 0. The van der Waals surface area contributed by atoms with Crippen LogP contribution < -0.4 is 21.9 Å². The second-order valence-electron chi connectivity index (χ2n) is 5.57. The van der Waals surface area contributed by atoms with Crippen LogP contribution in [0.25, 0.3) is 0 Å². The monoisotopic (exact) mass is 314 g/mol. The van der Waals surface area contributed by atoms with E-state index in [0.29, 0.717) is 18.5 Å². The summed E-state index contributed by atoms with van der Waals surface area (Å²) in [6.45, 7) is 0.298. The SMILES string of the molecule is O=C(NCCc1c[nH]c(=O)[nH]c1=O)Nc1ccc2c(c1)CCC2. The number of hydrogen-bond donors (Lipinski definition) is 4. The Morgan fingerprint density at radius 3 is 2.83 bits per heavy atom. The van der Waals surface area contributed by atoms with Gasteiger partial charge >= 0.3 is 11.7 Å². The van der Waals surface area contributed by atoms with Crippen LogP contribution in [0.1, 0.15) is 23.1 Å². The van der Waals surface area contributed by atoms with E-state index < -0.39 is 11.2 Å². The van der Waals surface area contributed by atoms with Crippen LogP contribution in [0.3, 0.4) is 0 Å². The van der Waals surface area contributed by atoms with E-state index >= 15 is 0 Å². The van der Waals surface area contributed by atoms with E-state index in [-0.39, 0.29) is 6.03 Å². The second-order valence-corrected chi connectivity index (χ2v) is 5.57. The molecule has 0 saturated heterocycles. The number of H-pyrrole nitrogens is 2. The molecule has 3 rings (SSSR count). The number of urea groups is 1. The fourth-order valence-corrected chi connectivity index (χ4v) is 2.76. The van der Waals surface area contributed by atoms with Gasteiger partial charge in [0, 0.05) is 24.0 Å².